The Hall–Kier alpha value is -0.640. The first kappa shape index (κ1) is 5.50. The smallest absolute Gasteiger partial charge is 0.319 e. The Morgan fingerprint density at radius 1 is 1.75 bits per heavy atom. The van der Waals surface area contributed by atoms with Gasteiger partial charge in [0.25, 0.3) is 0 Å². The Labute approximate surface area is 52.6 Å². The highest BCUT2D eigenvalue weighted by Gasteiger charge is 2.05. The maximum absolute atomic E-state index is 10.4. The number of hydrogen-bond acceptors (Lipinski definition) is 2. The molecular formula is C4H6N2OS. The van der Waals surface area contributed by atoms with Gasteiger partial charge in [0.2, 0.25) is 0 Å². The molecule has 0 bridgehead atoms. The van der Waals surface area contributed by atoms with Gasteiger partial charge in [-0.1, -0.05) is 0 Å². The third-order valence-corrected chi connectivity index (χ3v) is 1.07. The fraction of sp³-hybridized carbons (Fsp3) is 0.250. The van der Waals surface area contributed by atoms with Gasteiger partial charge in [-0.2, -0.15) is 12.6 Å². The van der Waals surface area contributed by atoms with E-state index in [0.717, 1.165) is 0 Å². The molecule has 44 valence electrons. The summed E-state index contributed by atoms with van der Waals surface area (Å²) in [5.41, 5.74) is 0. The second-order valence-electron chi connectivity index (χ2n) is 1.42. The van der Waals surface area contributed by atoms with Crippen LogP contribution in [0.2, 0.25) is 0 Å². The van der Waals surface area contributed by atoms with Crippen LogP contribution in [-0.4, -0.2) is 11.4 Å². The molecule has 2 amide bonds. The number of carbonyl (C=O) groups is 1. The van der Waals surface area contributed by atoms with Gasteiger partial charge in [0.05, 0.1) is 5.37 Å². The molecule has 1 heterocycles. The quantitative estimate of drug-likeness (QED) is 0.399. The van der Waals surface area contributed by atoms with Gasteiger partial charge in [0.15, 0.2) is 0 Å². The second kappa shape index (κ2) is 2.09. The predicted molar refractivity (Wildman–Crippen MR) is 33.6 cm³/mol. The molecule has 0 saturated carbocycles. The predicted octanol–water partition coefficient (Wildman–Crippen LogP) is 0.0688. The van der Waals surface area contributed by atoms with E-state index in [1.165, 1.54) is 0 Å². The molecule has 0 aliphatic carbocycles. The van der Waals surface area contributed by atoms with Crippen LogP contribution < -0.4 is 10.6 Å². The van der Waals surface area contributed by atoms with Crippen LogP contribution >= 0.6 is 12.6 Å². The fourth-order valence-corrected chi connectivity index (χ4v) is 0.642. The van der Waals surface area contributed by atoms with Crippen LogP contribution in [0.5, 0.6) is 0 Å². The molecule has 0 radical (unpaired) electrons. The summed E-state index contributed by atoms with van der Waals surface area (Å²) in [4.78, 5) is 10.4. The number of urea groups is 1. The third kappa shape index (κ3) is 1.16. The summed E-state index contributed by atoms with van der Waals surface area (Å²) in [5, 5.41) is 4.80. The zero-order valence-electron chi connectivity index (χ0n) is 4.09. The second-order valence-corrected chi connectivity index (χ2v) is 1.98. The van der Waals surface area contributed by atoms with E-state index in [0.29, 0.717) is 0 Å². The minimum atomic E-state index is -0.201. The van der Waals surface area contributed by atoms with Crippen molar-refractivity contribution in [3.05, 3.63) is 12.3 Å². The molecule has 1 aliphatic rings. The molecule has 3 nitrogen and oxygen atoms in total. The van der Waals surface area contributed by atoms with Crippen LogP contribution in [0.1, 0.15) is 0 Å². The van der Waals surface area contributed by atoms with E-state index >= 15 is 0 Å². The zero-order chi connectivity index (χ0) is 5.98. The molecule has 4 heteroatoms. The zero-order valence-corrected chi connectivity index (χ0v) is 4.98. The van der Waals surface area contributed by atoms with Crippen molar-refractivity contribution in [2.45, 2.75) is 5.37 Å². The Morgan fingerprint density at radius 3 is 2.88 bits per heavy atom. The van der Waals surface area contributed by atoms with E-state index in [1.54, 1.807) is 12.3 Å². The van der Waals surface area contributed by atoms with Gasteiger partial charge in [-0.25, -0.2) is 4.79 Å². The van der Waals surface area contributed by atoms with Gasteiger partial charge in [0.1, 0.15) is 0 Å². The Kier molecular flexibility index (Phi) is 1.43. The molecule has 1 unspecified atom stereocenters. The minimum absolute atomic E-state index is 0.135. The van der Waals surface area contributed by atoms with Crippen molar-refractivity contribution in [1.82, 2.24) is 10.6 Å². The van der Waals surface area contributed by atoms with Gasteiger partial charge < -0.3 is 10.6 Å². The SMILES string of the molecule is O=C1NC=CC(S)N1. The van der Waals surface area contributed by atoms with E-state index < -0.39 is 0 Å². The van der Waals surface area contributed by atoms with Gasteiger partial charge >= 0.3 is 6.03 Å². The van der Waals surface area contributed by atoms with E-state index in [-0.39, 0.29) is 11.4 Å². The molecule has 2 N–H and O–H groups in total. The largest absolute Gasteiger partial charge is 0.323 e. The molecule has 0 aromatic carbocycles. The number of amides is 2. The van der Waals surface area contributed by atoms with Crippen molar-refractivity contribution in [3.8, 4) is 0 Å². The molecule has 0 fully saturated rings. The van der Waals surface area contributed by atoms with Crippen molar-refractivity contribution in [2.75, 3.05) is 0 Å². The highest BCUT2D eigenvalue weighted by molar-refractivity contribution is 7.81. The maximum atomic E-state index is 10.4. The monoisotopic (exact) mass is 130 g/mol. The lowest BCUT2D eigenvalue weighted by atomic mass is 10.5. The summed E-state index contributed by atoms with van der Waals surface area (Å²) >= 11 is 3.96. The lowest BCUT2D eigenvalue weighted by molar-refractivity contribution is 0.243. The number of rotatable bonds is 0. The summed E-state index contributed by atoms with van der Waals surface area (Å²) in [6.07, 6.45) is 3.31. The van der Waals surface area contributed by atoms with Crippen molar-refractivity contribution in [1.29, 1.82) is 0 Å². The standard InChI is InChI=1S/C4H6N2OS/c7-4-5-2-1-3(8)6-4/h1-3,8H,(H2,5,6,7). The summed E-state index contributed by atoms with van der Waals surface area (Å²) in [7, 11) is 0. The molecule has 8 heavy (non-hydrogen) atoms. The molecule has 0 aromatic heterocycles. The first-order chi connectivity index (χ1) is 3.79. The molecule has 1 atom stereocenters. The summed E-state index contributed by atoms with van der Waals surface area (Å²) in [6.45, 7) is 0. The van der Waals surface area contributed by atoms with E-state index in [4.69, 9.17) is 0 Å². The molecule has 1 rings (SSSR count). The number of thiol groups is 1. The van der Waals surface area contributed by atoms with Crippen LogP contribution in [0, 0.1) is 0 Å². The van der Waals surface area contributed by atoms with Gasteiger partial charge in [-0.05, 0) is 6.08 Å². The Balaban J connectivity index is 2.54. The molecule has 0 aromatic rings. The van der Waals surface area contributed by atoms with Crippen molar-refractivity contribution < 1.29 is 4.79 Å². The third-order valence-electron chi connectivity index (χ3n) is 0.772. The molecule has 0 spiro atoms. The van der Waals surface area contributed by atoms with Gasteiger partial charge in [-0.3, -0.25) is 0 Å². The van der Waals surface area contributed by atoms with Crippen LogP contribution in [0.15, 0.2) is 12.3 Å². The number of hydrogen-bond donors (Lipinski definition) is 3. The highest BCUT2D eigenvalue weighted by Crippen LogP contribution is 1.93. The van der Waals surface area contributed by atoms with Crippen LogP contribution in [0.25, 0.3) is 0 Å². The lowest BCUT2D eigenvalue weighted by Crippen LogP contribution is -2.40. The van der Waals surface area contributed by atoms with E-state index in [1.807, 2.05) is 0 Å². The normalized spacial score (nSPS) is 26.6. The van der Waals surface area contributed by atoms with Crippen LogP contribution in [0.3, 0.4) is 0 Å². The van der Waals surface area contributed by atoms with Crippen LogP contribution in [0.4, 0.5) is 4.79 Å². The first-order valence-electron chi connectivity index (χ1n) is 2.21. The minimum Gasteiger partial charge on any atom is -0.323 e. The summed E-state index contributed by atoms with van der Waals surface area (Å²) in [5.74, 6) is 0. The van der Waals surface area contributed by atoms with Gasteiger partial charge in [0, 0.05) is 6.20 Å². The van der Waals surface area contributed by atoms with E-state index in [9.17, 15) is 4.79 Å². The topological polar surface area (TPSA) is 41.1 Å². The molecule has 1 aliphatic heterocycles. The van der Waals surface area contributed by atoms with Gasteiger partial charge in [-0.15, -0.1) is 0 Å². The summed E-state index contributed by atoms with van der Waals surface area (Å²) < 4.78 is 0. The fourth-order valence-electron chi connectivity index (χ4n) is 0.439. The van der Waals surface area contributed by atoms with Crippen molar-refractivity contribution in [2.24, 2.45) is 0 Å². The summed E-state index contributed by atoms with van der Waals surface area (Å²) in [6, 6.07) is -0.201. The Morgan fingerprint density at radius 2 is 2.50 bits per heavy atom. The highest BCUT2D eigenvalue weighted by atomic mass is 32.1. The molecule has 0 saturated heterocycles. The average molecular weight is 130 g/mol. The molecular weight excluding hydrogens is 124 g/mol. The first-order valence-corrected chi connectivity index (χ1v) is 2.72. The number of nitrogens with one attached hydrogen (secondary N) is 2. The average Bonchev–Trinajstić information content (AvgIpc) is 1.64. The van der Waals surface area contributed by atoms with Crippen molar-refractivity contribution >= 4 is 18.7 Å². The maximum Gasteiger partial charge on any atom is 0.319 e. The van der Waals surface area contributed by atoms with Crippen LogP contribution in [-0.2, 0) is 0 Å². The van der Waals surface area contributed by atoms with Crippen molar-refractivity contribution in [3.63, 3.8) is 0 Å². The van der Waals surface area contributed by atoms with E-state index in [2.05, 4.69) is 23.3 Å². The lowest BCUT2D eigenvalue weighted by Gasteiger charge is -2.12. The Bertz CT molecular complexity index is 134. The number of carbonyl (C=O) groups excluding carboxylic acids is 1.